The molecule has 1 fully saturated rings. The lowest BCUT2D eigenvalue weighted by molar-refractivity contribution is -0.127. The molecular formula is C27H35N3O3S. The molecule has 0 aliphatic carbocycles. The molecule has 1 aliphatic rings. The first-order chi connectivity index (χ1) is 16.4. The Morgan fingerprint density at radius 2 is 1.91 bits per heavy atom. The van der Waals surface area contributed by atoms with Crippen LogP contribution in [0.3, 0.4) is 0 Å². The van der Waals surface area contributed by atoms with Crippen LogP contribution in [0.25, 0.3) is 10.2 Å². The summed E-state index contributed by atoms with van der Waals surface area (Å²) in [6.45, 7) is 8.22. The summed E-state index contributed by atoms with van der Waals surface area (Å²) in [7, 11) is 1.66. The number of rotatable bonds is 8. The number of hydrogen-bond acceptors (Lipinski definition) is 4. The Morgan fingerprint density at radius 1 is 1.15 bits per heavy atom. The molecule has 34 heavy (non-hydrogen) atoms. The second kappa shape index (κ2) is 10.6. The van der Waals surface area contributed by atoms with Gasteiger partial charge >= 0.3 is 0 Å². The van der Waals surface area contributed by atoms with E-state index in [0.29, 0.717) is 44.1 Å². The summed E-state index contributed by atoms with van der Waals surface area (Å²) in [4.78, 5) is 29.3. The molecule has 1 saturated heterocycles. The van der Waals surface area contributed by atoms with Gasteiger partial charge in [0.25, 0.3) is 5.91 Å². The van der Waals surface area contributed by atoms with Crippen molar-refractivity contribution >= 4 is 33.4 Å². The van der Waals surface area contributed by atoms with Gasteiger partial charge in [-0.3, -0.25) is 9.59 Å². The number of benzene rings is 1. The van der Waals surface area contributed by atoms with Crippen LogP contribution in [0.2, 0.25) is 0 Å². The summed E-state index contributed by atoms with van der Waals surface area (Å²) < 4.78 is 7.49. The minimum atomic E-state index is -0.0225. The standard InChI is InChI=1S/C27H35N3O3S/c1-18(2)14-19(3)28-25(31)21-8-11-29(12-9-21)26(32)24-16-22-10-13-34-27(22)30(24)17-20-6-5-7-23(15-20)33-4/h5-7,10,13,15-16,18-19,21H,8-9,11-12,14,17H2,1-4H3,(H,28,31)/t19-/m0/s1. The number of methoxy groups -OCH3 is 1. The van der Waals surface area contributed by atoms with Gasteiger partial charge in [0.15, 0.2) is 0 Å². The third kappa shape index (κ3) is 5.46. The number of fused-ring (bicyclic) bond motifs is 1. The first kappa shape index (κ1) is 24.3. The number of ether oxygens (including phenoxy) is 1. The predicted octanol–water partition coefficient (Wildman–Crippen LogP) is 5.16. The maximum Gasteiger partial charge on any atom is 0.270 e. The van der Waals surface area contributed by atoms with E-state index in [1.54, 1.807) is 18.4 Å². The Morgan fingerprint density at radius 3 is 2.62 bits per heavy atom. The summed E-state index contributed by atoms with van der Waals surface area (Å²) in [5, 5.41) is 6.31. The number of nitrogens with one attached hydrogen (secondary N) is 1. The Balaban J connectivity index is 1.45. The number of likely N-dealkylation sites (tertiary alicyclic amines) is 1. The van der Waals surface area contributed by atoms with E-state index in [4.69, 9.17) is 4.74 Å². The van der Waals surface area contributed by atoms with Crippen molar-refractivity contribution in [1.82, 2.24) is 14.8 Å². The van der Waals surface area contributed by atoms with Crippen molar-refractivity contribution in [2.45, 2.75) is 52.6 Å². The molecule has 3 aromatic rings. The molecule has 7 heteroatoms. The second-order valence-corrected chi connectivity index (χ2v) is 10.6. The molecule has 2 aromatic heterocycles. The quantitative estimate of drug-likeness (QED) is 0.483. The van der Waals surface area contributed by atoms with Crippen molar-refractivity contribution in [3.8, 4) is 5.75 Å². The van der Waals surface area contributed by atoms with E-state index in [1.165, 1.54) is 0 Å². The number of piperidine rings is 1. The van der Waals surface area contributed by atoms with Gasteiger partial charge in [0.1, 0.15) is 16.3 Å². The van der Waals surface area contributed by atoms with Gasteiger partial charge in [0, 0.05) is 37.0 Å². The highest BCUT2D eigenvalue weighted by Gasteiger charge is 2.30. The van der Waals surface area contributed by atoms with E-state index in [0.717, 1.165) is 28.0 Å². The molecule has 6 nitrogen and oxygen atoms in total. The van der Waals surface area contributed by atoms with Crippen LogP contribution in [0.1, 0.15) is 56.1 Å². The molecular weight excluding hydrogens is 446 g/mol. The number of thiophene rings is 1. The fraction of sp³-hybridized carbons (Fsp3) is 0.481. The fourth-order valence-corrected chi connectivity index (χ4v) is 5.79. The van der Waals surface area contributed by atoms with Crippen LogP contribution in [0.15, 0.2) is 41.8 Å². The van der Waals surface area contributed by atoms with Crippen molar-refractivity contribution < 1.29 is 14.3 Å². The van der Waals surface area contributed by atoms with Crippen molar-refractivity contribution in [3.63, 3.8) is 0 Å². The SMILES string of the molecule is COc1cccc(Cn2c(C(=O)N3CCC(C(=O)N[C@@H](C)CC(C)C)CC3)cc3ccsc32)c1. The minimum Gasteiger partial charge on any atom is -0.497 e. The van der Waals surface area contributed by atoms with Crippen LogP contribution < -0.4 is 10.1 Å². The van der Waals surface area contributed by atoms with Crippen LogP contribution in [-0.2, 0) is 11.3 Å². The van der Waals surface area contributed by atoms with E-state index in [2.05, 4.69) is 48.2 Å². The number of amides is 2. The molecule has 0 radical (unpaired) electrons. The second-order valence-electron chi connectivity index (χ2n) is 9.75. The Labute approximate surface area is 205 Å². The molecule has 1 aliphatic heterocycles. The highest BCUT2D eigenvalue weighted by atomic mass is 32.1. The van der Waals surface area contributed by atoms with E-state index >= 15 is 0 Å². The molecule has 0 unspecified atom stereocenters. The maximum atomic E-state index is 13.6. The van der Waals surface area contributed by atoms with Crippen molar-refractivity contribution in [1.29, 1.82) is 0 Å². The molecule has 0 saturated carbocycles. The number of hydrogen-bond donors (Lipinski definition) is 1. The van der Waals surface area contributed by atoms with Gasteiger partial charge in [0.2, 0.25) is 5.91 Å². The lowest BCUT2D eigenvalue weighted by Crippen LogP contribution is -2.45. The minimum absolute atomic E-state index is 0.0225. The van der Waals surface area contributed by atoms with E-state index in [1.807, 2.05) is 29.2 Å². The summed E-state index contributed by atoms with van der Waals surface area (Å²) >= 11 is 1.65. The van der Waals surface area contributed by atoms with E-state index < -0.39 is 0 Å². The number of carbonyl (C=O) groups excluding carboxylic acids is 2. The molecule has 4 rings (SSSR count). The smallest absolute Gasteiger partial charge is 0.270 e. The van der Waals surface area contributed by atoms with E-state index in [-0.39, 0.29) is 23.8 Å². The lowest BCUT2D eigenvalue weighted by atomic mass is 9.94. The highest BCUT2D eigenvalue weighted by molar-refractivity contribution is 7.16. The van der Waals surface area contributed by atoms with E-state index in [9.17, 15) is 9.59 Å². The first-order valence-electron chi connectivity index (χ1n) is 12.1. The van der Waals surface area contributed by atoms with Crippen LogP contribution in [0, 0.1) is 11.8 Å². The topological polar surface area (TPSA) is 63.6 Å². The largest absolute Gasteiger partial charge is 0.497 e. The number of aromatic nitrogens is 1. The highest BCUT2D eigenvalue weighted by Crippen LogP contribution is 2.29. The van der Waals surface area contributed by atoms with Gasteiger partial charge in [0.05, 0.1) is 7.11 Å². The molecule has 1 aromatic carbocycles. The third-order valence-corrected chi connectivity index (χ3v) is 7.51. The fourth-order valence-electron chi connectivity index (χ4n) is 4.90. The van der Waals surface area contributed by atoms with Crippen LogP contribution in [0.4, 0.5) is 0 Å². The zero-order valence-corrected chi connectivity index (χ0v) is 21.4. The maximum absolute atomic E-state index is 13.6. The van der Waals surface area contributed by atoms with Gasteiger partial charge in [-0.25, -0.2) is 0 Å². The Kier molecular flexibility index (Phi) is 7.61. The zero-order valence-electron chi connectivity index (χ0n) is 20.5. The Hall–Kier alpha value is -2.80. The van der Waals surface area contributed by atoms with Gasteiger partial charge in [-0.1, -0.05) is 26.0 Å². The van der Waals surface area contributed by atoms with Gasteiger partial charge in [-0.2, -0.15) is 0 Å². The molecule has 182 valence electrons. The van der Waals surface area contributed by atoms with Gasteiger partial charge < -0.3 is 19.5 Å². The molecule has 3 heterocycles. The molecule has 1 N–H and O–H groups in total. The molecule has 0 spiro atoms. The average Bonchev–Trinajstić information content (AvgIpc) is 3.41. The van der Waals surface area contributed by atoms with Crippen LogP contribution in [-0.4, -0.2) is 47.5 Å². The normalized spacial score (nSPS) is 15.6. The number of carbonyl (C=O) groups is 2. The summed E-state index contributed by atoms with van der Waals surface area (Å²) in [6, 6.07) is 12.2. The lowest BCUT2D eigenvalue weighted by Gasteiger charge is -2.32. The molecule has 0 bridgehead atoms. The van der Waals surface area contributed by atoms with Gasteiger partial charge in [-0.15, -0.1) is 11.3 Å². The first-order valence-corrected chi connectivity index (χ1v) is 13.0. The molecule has 1 atom stereocenters. The summed E-state index contributed by atoms with van der Waals surface area (Å²) in [5.74, 6) is 1.51. The predicted molar refractivity (Wildman–Crippen MR) is 138 cm³/mol. The van der Waals surface area contributed by atoms with Crippen molar-refractivity contribution in [3.05, 3.63) is 53.0 Å². The monoisotopic (exact) mass is 481 g/mol. The van der Waals surface area contributed by atoms with Crippen LogP contribution in [0.5, 0.6) is 5.75 Å². The third-order valence-electron chi connectivity index (χ3n) is 6.56. The van der Waals surface area contributed by atoms with Gasteiger partial charge in [-0.05, 0) is 67.3 Å². The summed E-state index contributed by atoms with van der Waals surface area (Å²) in [6.07, 6.45) is 2.39. The zero-order chi connectivity index (χ0) is 24.2. The van der Waals surface area contributed by atoms with Crippen molar-refractivity contribution in [2.75, 3.05) is 20.2 Å². The number of nitrogens with zero attached hydrogens (tertiary/aromatic N) is 2. The Bertz CT molecular complexity index is 1140. The average molecular weight is 482 g/mol. The summed E-state index contributed by atoms with van der Waals surface area (Å²) in [5.41, 5.74) is 1.79. The van der Waals surface area contributed by atoms with Crippen LogP contribution >= 0.6 is 11.3 Å². The van der Waals surface area contributed by atoms with Crippen molar-refractivity contribution in [2.24, 2.45) is 11.8 Å². The molecule has 2 amide bonds.